The van der Waals surface area contributed by atoms with E-state index >= 15 is 0 Å². The molecular formula is C11H19N3. The largest absolute Gasteiger partial charge is 0.308 e. The molecule has 0 aromatic carbocycles. The SMILES string of the molecule is Cc1cc(CNC2CCCC2)n(C)n1. The molecule has 0 radical (unpaired) electrons. The highest BCUT2D eigenvalue weighted by Crippen LogP contribution is 2.18. The second kappa shape index (κ2) is 4.13. The van der Waals surface area contributed by atoms with Crippen LogP contribution in [0.5, 0.6) is 0 Å². The van der Waals surface area contributed by atoms with Gasteiger partial charge in [0, 0.05) is 19.6 Å². The van der Waals surface area contributed by atoms with E-state index < -0.39 is 0 Å². The minimum Gasteiger partial charge on any atom is -0.308 e. The fourth-order valence-corrected chi connectivity index (χ4v) is 2.21. The molecule has 0 saturated heterocycles. The van der Waals surface area contributed by atoms with Crippen LogP contribution in [0.3, 0.4) is 0 Å². The van der Waals surface area contributed by atoms with Crippen LogP contribution in [0.1, 0.15) is 37.1 Å². The lowest BCUT2D eigenvalue weighted by Gasteiger charge is -2.11. The van der Waals surface area contributed by atoms with Gasteiger partial charge in [-0.3, -0.25) is 4.68 Å². The summed E-state index contributed by atoms with van der Waals surface area (Å²) in [6.45, 7) is 3.00. The van der Waals surface area contributed by atoms with Crippen LogP contribution >= 0.6 is 0 Å². The zero-order chi connectivity index (χ0) is 9.97. The normalized spacial score (nSPS) is 17.9. The number of nitrogens with one attached hydrogen (secondary N) is 1. The number of hydrogen-bond acceptors (Lipinski definition) is 2. The Labute approximate surface area is 85.5 Å². The van der Waals surface area contributed by atoms with Gasteiger partial charge in [-0.1, -0.05) is 12.8 Å². The Bertz CT molecular complexity index is 297. The third-order valence-corrected chi connectivity index (χ3v) is 3.03. The first-order valence-electron chi connectivity index (χ1n) is 5.48. The summed E-state index contributed by atoms with van der Waals surface area (Å²) in [5.41, 5.74) is 2.39. The van der Waals surface area contributed by atoms with Crippen LogP contribution in [0.15, 0.2) is 6.07 Å². The van der Waals surface area contributed by atoms with Crippen LogP contribution in [-0.2, 0) is 13.6 Å². The van der Waals surface area contributed by atoms with Crippen molar-refractivity contribution in [3.8, 4) is 0 Å². The average Bonchev–Trinajstić information content (AvgIpc) is 2.72. The molecule has 1 fully saturated rings. The van der Waals surface area contributed by atoms with Crippen LogP contribution in [0, 0.1) is 6.92 Å². The third kappa shape index (κ3) is 2.15. The summed E-state index contributed by atoms with van der Waals surface area (Å²) in [6, 6.07) is 2.90. The van der Waals surface area contributed by atoms with Crippen molar-refractivity contribution < 1.29 is 0 Å². The molecular weight excluding hydrogens is 174 g/mol. The Balaban J connectivity index is 1.87. The van der Waals surface area contributed by atoms with Gasteiger partial charge in [0.25, 0.3) is 0 Å². The molecule has 1 aromatic heterocycles. The maximum atomic E-state index is 4.33. The molecule has 0 aliphatic heterocycles. The monoisotopic (exact) mass is 193 g/mol. The molecule has 0 unspecified atom stereocenters. The van der Waals surface area contributed by atoms with Gasteiger partial charge in [-0.15, -0.1) is 0 Å². The lowest BCUT2D eigenvalue weighted by Crippen LogP contribution is -2.26. The van der Waals surface area contributed by atoms with Crippen LogP contribution in [0.2, 0.25) is 0 Å². The highest BCUT2D eigenvalue weighted by Gasteiger charge is 2.14. The van der Waals surface area contributed by atoms with E-state index in [0.29, 0.717) is 0 Å². The fraction of sp³-hybridized carbons (Fsp3) is 0.727. The van der Waals surface area contributed by atoms with E-state index in [0.717, 1.165) is 18.3 Å². The topological polar surface area (TPSA) is 29.9 Å². The number of nitrogens with zero attached hydrogens (tertiary/aromatic N) is 2. The second-order valence-corrected chi connectivity index (χ2v) is 4.26. The standard InChI is InChI=1S/C11H19N3/c1-9-7-11(14(2)13-9)8-12-10-5-3-4-6-10/h7,10,12H,3-6,8H2,1-2H3. The highest BCUT2D eigenvalue weighted by molar-refractivity contribution is 5.08. The van der Waals surface area contributed by atoms with Crippen molar-refractivity contribution in [1.82, 2.24) is 15.1 Å². The summed E-state index contributed by atoms with van der Waals surface area (Å²) in [7, 11) is 2.01. The van der Waals surface area contributed by atoms with Crippen molar-refractivity contribution in [2.45, 2.75) is 45.2 Å². The van der Waals surface area contributed by atoms with Crippen molar-refractivity contribution in [3.63, 3.8) is 0 Å². The lowest BCUT2D eigenvalue weighted by molar-refractivity contribution is 0.507. The summed E-state index contributed by atoms with van der Waals surface area (Å²) in [6.07, 6.45) is 5.47. The van der Waals surface area contributed by atoms with E-state index in [2.05, 4.69) is 16.5 Å². The molecule has 0 atom stereocenters. The van der Waals surface area contributed by atoms with Crippen LogP contribution in [0.4, 0.5) is 0 Å². The zero-order valence-corrected chi connectivity index (χ0v) is 9.08. The minimum absolute atomic E-state index is 0.741. The molecule has 3 heteroatoms. The number of rotatable bonds is 3. The molecule has 3 nitrogen and oxygen atoms in total. The van der Waals surface area contributed by atoms with Crippen LogP contribution in [0.25, 0.3) is 0 Å². The molecule has 0 bridgehead atoms. The molecule has 78 valence electrons. The predicted molar refractivity (Wildman–Crippen MR) is 57.0 cm³/mol. The maximum Gasteiger partial charge on any atom is 0.0597 e. The van der Waals surface area contributed by atoms with Gasteiger partial charge in [-0.05, 0) is 25.8 Å². The molecule has 1 aliphatic rings. The summed E-state index contributed by atoms with van der Waals surface area (Å²) in [4.78, 5) is 0. The van der Waals surface area contributed by atoms with Gasteiger partial charge in [-0.25, -0.2) is 0 Å². The molecule has 1 aromatic rings. The predicted octanol–water partition coefficient (Wildman–Crippen LogP) is 1.76. The molecule has 0 spiro atoms. The number of aromatic nitrogens is 2. The quantitative estimate of drug-likeness (QED) is 0.792. The first-order valence-corrected chi connectivity index (χ1v) is 5.48. The Morgan fingerprint density at radius 2 is 2.21 bits per heavy atom. The second-order valence-electron chi connectivity index (χ2n) is 4.26. The smallest absolute Gasteiger partial charge is 0.0597 e. The van der Waals surface area contributed by atoms with E-state index in [-0.39, 0.29) is 0 Å². The van der Waals surface area contributed by atoms with Gasteiger partial charge in [0.05, 0.1) is 11.4 Å². The Kier molecular flexibility index (Phi) is 2.87. The van der Waals surface area contributed by atoms with Crippen molar-refractivity contribution in [1.29, 1.82) is 0 Å². The molecule has 1 aliphatic carbocycles. The van der Waals surface area contributed by atoms with E-state index in [1.54, 1.807) is 0 Å². The van der Waals surface area contributed by atoms with E-state index in [4.69, 9.17) is 0 Å². The Hall–Kier alpha value is -0.830. The van der Waals surface area contributed by atoms with Gasteiger partial charge in [0.1, 0.15) is 0 Å². The molecule has 1 heterocycles. The van der Waals surface area contributed by atoms with Crippen LogP contribution < -0.4 is 5.32 Å². The molecule has 1 N–H and O–H groups in total. The minimum atomic E-state index is 0.741. The van der Waals surface area contributed by atoms with Gasteiger partial charge < -0.3 is 5.32 Å². The van der Waals surface area contributed by atoms with Crippen molar-refractivity contribution in [2.75, 3.05) is 0 Å². The zero-order valence-electron chi connectivity index (χ0n) is 9.08. The van der Waals surface area contributed by atoms with E-state index in [1.807, 2.05) is 18.7 Å². The van der Waals surface area contributed by atoms with Gasteiger partial charge in [0.2, 0.25) is 0 Å². The van der Waals surface area contributed by atoms with Crippen LogP contribution in [-0.4, -0.2) is 15.8 Å². The first kappa shape index (κ1) is 9.71. The maximum absolute atomic E-state index is 4.33. The third-order valence-electron chi connectivity index (χ3n) is 3.03. The number of aryl methyl sites for hydroxylation is 2. The first-order chi connectivity index (χ1) is 6.75. The average molecular weight is 193 g/mol. The summed E-state index contributed by atoms with van der Waals surface area (Å²) in [5, 5.41) is 7.92. The fourth-order valence-electron chi connectivity index (χ4n) is 2.21. The lowest BCUT2D eigenvalue weighted by atomic mass is 10.2. The summed E-state index contributed by atoms with van der Waals surface area (Å²) >= 11 is 0. The molecule has 0 amide bonds. The Morgan fingerprint density at radius 1 is 1.50 bits per heavy atom. The summed E-state index contributed by atoms with van der Waals surface area (Å²) in [5.74, 6) is 0. The summed E-state index contributed by atoms with van der Waals surface area (Å²) < 4.78 is 1.97. The molecule has 2 rings (SSSR count). The van der Waals surface area contributed by atoms with Gasteiger partial charge in [-0.2, -0.15) is 5.10 Å². The molecule has 14 heavy (non-hydrogen) atoms. The van der Waals surface area contributed by atoms with E-state index in [9.17, 15) is 0 Å². The highest BCUT2D eigenvalue weighted by atomic mass is 15.3. The van der Waals surface area contributed by atoms with Crippen molar-refractivity contribution in [3.05, 3.63) is 17.5 Å². The van der Waals surface area contributed by atoms with Crippen molar-refractivity contribution >= 4 is 0 Å². The van der Waals surface area contributed by atoms with E-state index in [1.165, 1.54) is 31.4 Å². The number of hydrogen-bond donors (Lipinski definition) is 1. The Morgan fingerprint density at radius 3 is 2.79 bits per heavy atom. The van der Waals surface area contributed by atoms with Gasteiger partial charge in [0.15, 0.2) is 0 Å². The van der Waals surface area contributed by atoms with Gasteiger partial charge >= 0.3 is 0 Å². The van der Waals surface area contributed by atoms with Crippen molar-refractivity contribution in [2.24, 2.45) is 7.05 Å². The molecule has 1 saturated carbocycles.